The maximum atomic E-state index is 11.1. The number of carbonyl (C=O) groups is 4. The van der Waals surface area contributed by atoms with E-state index in [0.29, 0.717) is 12.1 Å². The Bertz CT molecular complexity index is 367. The summed E-state index contributed by atoms with van der Waals surface area (Å²) in [6.45, 7) is 0. The predicted octanol–water partition coefficient (Wildman–Crippen LogP) is -0.488. The van der Waals surface area contributed by atoms with Gasteiger partial charge in [-0.25, -0.2) is 0 Å². The Morgan fingerprint density at radius 2 is 0.938 bits per heavy atom. The molecule has 0 unspecified atom stereocenters. The average molecular weight is 258 g/mol. The Morgan fingerprint density at radius 3 is 1.19 bits per heavy atom. The fourth-order valence-electron chi connectivity index (χ4n) is 1.02. The van der Waals surface area contributed by atoms with Gasteiger partial charge in [0.05, 0.1) is 12.1 Å². The van der Waals surface area contributed by atoms with Gasteiger partial charge in [0.1, 0.15) is 0 Å². The number of amides is 4. The molecule has 2 heterocycles. The van der Waals surface area contributed by atoms with E-state index >= 15 is 0 Å². The second-order valence-electron chi connectivity index (χ2n) is 2.69. The van der Waals surface area contributed by atoms with Gasteiger partial charge in [-0.05, 0) is 0 Å². The van der Waals surface area contributed by atoms with Crippen LogP contribution in [0.4, 0.5) is 0 Å². The molecule has 16 heavy (non-hydrogen) atoms. The Morgan fingerprint density at radius 1 is 0.688 bits per heavy atom. The molecule has 0 saturated carbocycles. The van der Waals surface area contributed by atoms with Gasteiger partial charge in [0.15, 0.2) is 0 Å². The zero-order chi connectivity index (χ0) is 11.0. The van der Waals surface area contributed by atoms with Crippen LogP contribution < -0.4 is 0 Å². The third-order valence-electron chi connectivity index (χ3n) is 1.70. The van der Waals surface area contributed by atoms with Crippen molar-refractivity contribution in [2.24, 2.45) is 0 Å². The molecule has 0 spiro atoms. The van der Waals surface area contributed by atoms with Crippen molar-refractivity contribution in [3.63, 3.8) is 0 Å². The zero-order valence-electron chi connectivity index (χ0n) is 7.75. The molecule has 2 rings (SSSR count). The molecule has 0 radical (unpaired) electrons. The first-order chi connectivity index (χ1) is 7.09. The van der Waals surface area contributed by atoms with Gasteiger partial charge in [0, 0.05) is 24.3 Å². The minimum atomic E-state index is -0.558. The van der Waals surface area contributed by atoms with Crippen molar-refractivity contribution in [3.8, 4) is 0 Å². The van der Waals surface area contributed by atoms with Crippen LogP contribution >= 0.6 is 25.6 Å². The molecule has 0 aromatic rings. The lowest BCUT2D eigenvalue weighted by Crippen LogP contribution is -2.32. The van der Waals surface area contributed by atoms with Crippen molar-refractivity contribution in [1.82, 2.24) is 8.61 Å². The largest absolute Gasteiger partial charge is 0.268 e. The summed E-state index contributed by atoms with van der Waals surface area (Å²) in [6.07, 6.45) is 4.31. The SMILES string of the molecule is O=C1C=CC(=O)N1SN1C(=O)C=CC1=O.S. The van der Waals surface area contributed by atoms with Crippen molar-refractivity contribution in [2.75, 3.05) is 0 Å². The van der Waals surface area contributed by atoms with E-state index in [-0.39, 0.29) is 13.5 Å². The summed E-state index contributed by atoms with van der Waals surface area (Å²) in [5.74, 6) is -2.23. The normalized spacial score (nSPS) is 18.8. The predicted molar refractivity (Wildman–Crippen MR) is 60.0 cm³/mol. The molecule has 84 valence electrons. The van der Waals surface area contributed by atoms with E-state index in [2.05, 4.69) is 0 Å². The molecule has 2 aliphatic heterocycles. The monoisotopic (exact) mass is 258 g/mol. The highest BCUT2D eigenvalue weighted by Gasteiger charge is 2.33. The van der Waals surface area contributed by atoms with Crippen LogP contribution in [0.5, 0.6) is 0 Å². The molecule has 0 fully saturated rings. The Kier molecular flexibility index (Phi) is 3.55. The van der Waals surface area contributed by atoms with E-state index in [4.69, 9.17) is 0 Å². The van der Waals surface area contributed by atoms with Crippen LogP contribution in [0.15, 0.2) is 24.3 Å². The second-order valence-corrected chi connectivity index (χ2v) is 3.58. The highest BCUT2D eigenvalue weighted by Crippen LogP contribution is 2.24. The van der Waals surface area contributed by atoms with E-state index in [1.165, 1.54) is 0 Å². The minimum Gasteiger partial charge on any atom is -0.268 e. The number of nitrogens with zero attached hydrogens (tertiary/aromatic N) is 2. The third kappa shape index (κ3) is 2.02. The highest BCUT2D eigenvalue weighted by molar-refractivity contribution is 7.96. The van der Waals surface area contributed by atoms with Crippen LogP contribution in [0.3, 0.4) is 0 Å². The number of hydrogen-bond acceptors (Lipinski definition) is 5. The lowest BCUT2D eigenvalue weighted by atomic mass is 10.6. The smallest absolute Gasteiger partial charge is 0.265 e. The maximum Gasteiger partial charge on any atom is 0.265 e. The molecule has 0 saturated heterocycles. The molecular weight excluding hydrogens is 252 g/mol. The van der Waals surface area contributed by atoms with Crippen molar-refractivity contribution < 1.29 is 19.2 Å². The molecule has 0 aromatic heterocycles. The third-order valence-corrected chi connectivity index (χ3v) is 2.75. The average Bonchev–Trinajstić information content (AvgIpc) is 2.67. The van der Waals surface area contributed by atoms with E-state index in [9.17, 15) is 19.2 Å². The topological polar surface area (TPSA) is 74.8 Å². The Balaban J connectivity index is 0.00000128. The first kappa shape index (κ1) is 12.5. The van der Waals surface area contributed by atoms with Crippen molar-refractivity contribution in [2.45, 2.75) is 0 Å². The quantitative estimate of drug-likeness (QED) is 0.493. The zero-order valence-corrected chi connectivity index (χ0v) is 9.56. The Labute approximate surface area is 102 Å². The number of hydrogen-bond donors (Lipinski definition) is 0. The summed E-state index contributed by atoms with van der Waals surface area (Å²) in [7, 11) is 0. The molecule has 0 N–H and O–H groups in total. The van der Waals surface area contributed by atoms with Gasteiger partial charge < -0.3 is 0 Å². The van der Waals surface area contributed by atoms with Crippen molar-refractivity contribution in [3.05, 3.63) is 24.3 Å². The van der Waals surface area contributed by atoms with Gasteiger partial charge in [-0.1, -0.05) is 0 Å². The summed E-state index contributed by atoms with van der Waals surface area (Å²) in [6, 6.07) is 0. The second kappa shape index (κ2) is 4.54. The standard InChI is InChI=1S/C8H4N2O4S.H2S/c11-5-1-2-6(12)9(5)15-10-7(13)3-4-8(10)14;/h1-4H;1H2. The van der Waals surface area contributed by atoms with Gasteiger partial charge in [-0.15, -0.1) is 0 Å². The molecule has 8 heteroatoms. The molecule has 0 atom stereocenters. The lowest BCUT2D eigenvalue weighted by Gasteiger charge is -2.17. The molecule has 4 amide bonds. The van der Waals surface area contributed by atoms with Gasteiger partial charge >= 0.3 is 0 Å². The van der Waals surface area contributed by atoms with E-state index in [1.54, 1.807) is 0 Å². The van der Waals surface area contributed by atoms with Crippen molar-refractivity contribution >= 4 is 49.3 Å². The maximum absolute atomic E-state index is 11.1. The first-order valence-electron chi connectivity index (χ1n) is 3.90. The van der Waals surface area contributed by atoms with Gasteiger partial charge in [-0.3, -0.25) is 19.2 Å². The van der Waals surface area contributed by atoms with Gasteiger partial charge in [-0.2, -0.15) is 22.1 Å². The minimum absolute atomic E-state index is 0. The van der Waals surface area contributed by atoms with Crippen LogP contribution in [0.1, 0.15) is 0 Å². The number of rotatable bonds is 2. The molecular formula is C8H6N2O4S2. The molecule has 0 bridgehead atoms. The summed E-state index contributed by atoms with van der Waals surface area (Å²) in [5.41, 5.74) is 0. The number of carbonyl (C=O) groups excluding carboxylic acids is 4. The summed E-state index contributed by atoms with van der Waals surface area (Å²) in [4.78, 5) is 44.5. The van der Waals surface area contributed by atoms with Gasteiger partial charge in [0.2, 0.25) is 0 Å². The molecule has 6 nitrogen and oxygen atoms in total. The van der Waals surface area contributed by atoms with Crippen LogP contribution in [-0.4, -0.2) is 32.2 Å². The van der Waals surface area contributed by atoms with Crippen LogP contribution in [-0.2, 0) is 19.2 Å². The van der Waals surface area contributed by atoms with Crippen molar-refractivity contribution in [1.29, 1.82) is 0 Å². The first-order valence-corrected chi connectivity index (χ1v) is 4.63. The fraction of sp³-hybridized carbons (Fsp3) is 0. The molecule has 0 aliphatic carbocycles. The summed E-state index contributed by atoms with van der Waals surface area (Å²) >= 11 is 0.491. The molecule has 0 aromatic carbocycles. The van der Waals surface area contributed by atoms with Crippen LogP contribution in [0.25, 0.3) is 0 Å². The molecule has 2 aliphatic rings. The Hall–Kier alpha value is -1.54. The van der Waals surface area contributed by atoms with Gasteiger partial charge in [0.25, 0.3) is 23.6 Å². The van der Waals surface area contributed by atoms with Crippen LogP contribution in [0.2, 0.25) is 0 Å². The van der Waals surface area contributed by atoms with E-state index < -0.39 is 23.6 Å². The summed E-state index contributed by atoms with van der Waals surface area (Å²) < 4.78 is 1.48. The number of imide groups is 2. The van der Waals surface area contributed by atoms with Crippen LogP contribution in [0, 0.1) is 0 Å². The fourth-order valence-corrected chi connectivity index (χ4v) is 1.74. The lowest BCUT2D eigenvalue weighted by molar-refractivity contribution is -0.131. The summed E-state index contributed by atoms with van der Waals surface area (Å²) in [5, 5.41) is 0. The van der Waals surface area contributed by atoms with E-state index in [0.717, 1.165) is 32.9 Å². The highest BCUT2D eigenvalue weighted by atomic mass is 32.2. The van der Waals surface area contributed by atoms with E-state index in [1.807, 2.05) is 0 Å².